The van der Waals surface area contributed by atoms with Crippen molar-refractivity contribution < 1.29 is 14.2 Å². The second-order valence-corrected chi connectivity index (χ2v) is 7.16. The molecule has 0 spiro atoms. The predicted molar refractivity (Wildman–Crippen MR) is 105 cm³/mol. The van der Waals surface area contributed by atoms with Crippen LogP contribution in [0, 0.1) is 0 Å². The average Bonchev–Trinajstić information content (AvgIpc) is 3.12. The zero-order valence-electron chi connectivity index (χ0n) is 15.3. The van der Waals surface area contributed by atoms with Gasteiger partial charge < -0.3 is 19.2 Å². The van der Waals surface area contributed by atoms with E-state index in [0.29, 0.717) is 29.3 Å². The molecule has 1 N–H and O–H groups in total. The first-order valence-electron chi connectivity index (χ1n) is 8.72. The number of methoxy groups -OCH3 is 2. The molecule has 3 heterocycles. The summed E-state index contributed by atoms with van der Waals surface area (Å²) in [5.74, 6) is 1.97. The standard InChI is InChI=1S/C19H21N3O4S/c1-24-14-4-3-12(9-15(14)25-2)13-11-27-19-17(13)18(23)20-16(21-19)10-22-5-7-26-8-6-22/h3-4,9,11H,5-8,10H2,1-2H3,(H,20,21,23). The summed E-state index contributed by atoms with van der Waals surface area (Å²) in [5.41, 5.74) is 1.63. The maximum atomic E-state index is 12.8. The van der Waals surface area contributed by atoms with E-state index in [1.807, 2.05) is 23.6 Å². The zero-order valence-corrected chi connectivity index (χ0v) is 16.1. The summed E-state index contributed by atoms with van der Waals surface area (Å²) in [7, 11) is 3.20. The Labute approximate surface area is 160 Å². The van der Waals surface area contributed by atoms with Crippen molar-refractivity contribution in [3.8, 4) is 22.6 Å². The quantitative estimate of drug-likeness (QED) is 0.725. The molecule has 8 heteroatoms. The Kier molecular flexibility index (Phi) is 5.11. The average molecular weight is 387 g/mol. The van der Waals surface area contributed by atoms with E-state index in [4.69, 9.17) is 14.2 Å². The lowest BCUT2D eigenvalue weighted by molar-refractivity contribution is 0.0331. The molecule has 7 nitrogen and oxygen atoms in total. The van der Waals surface area contributed by atoms with E-state index >= 15 is 0 Å². The van der Waals surface area contributed by atoms with Gasteiger partial charge in [0.15, 0.2) is 11.5 Å². The van der Waals surface area contributed by atoms with Gasteiger partial charge in [0, 0.05) is 24.0 Å². The highest BCUT2D eigenvalue weighted by Crippen LogP contribution is 2.36. The molecule has 27 heavy (non-hydrogen) atoms. The molecule has 0 atom stereocenters. The Morgan fingerprint density at radius 1 is 1.22 bits per heavy atom. The first kappa shape index (κ1) is 18.0. The molecule has 1 aromatic carbocycles. The first-order chi connectivity index (χ1) is 13.2. The molecule has 2 aromatic heterocycles. The van der Waals surface area contributed by atoms with Crippen LogP contribution in [0.1, 0.15) is 5.82 Å². The number of thiophene rings is 1. The molecule has 0 radical (unpaired) electrons. The van der Waals surface area contributed by atoms with Gasteiger partial charge in [-0.3, -0.25) is 9.69 Å². The van der Waals surface area contributed by atoms with Crippen molar-refractivity contribution >= 4 is 21.6 Å². The lowest BCUT2D eigenvalue weighted by atomic mass is 10.1. The Morgan fingerprint density at radius 3 is 2.74 bits per heavy atom. The van der Waals surface area contributed by atoms with Crippen molar-refractivity contribution in [2.45, 2.75) is 6.54 Å². The number of rotatable bonds is 5. The van der Waals surface area contributed by atoms with Crippen LogP contribution in [0.15, 0.2) is 28.4 Å². The molecular formula is C19H21N3O4S. The fraction of sp³-hybridized carbons (Fsp3) is 0.368. The SMILES string of the molecule is COc1ccc(-c2csc3nc(CN4CCOCC4)[nH]c(=O)c23)cc1OC. The van der Waals surface area contributed by atoms with Gasteiger partial charge in [-0.25, -0.2) is 4.98 Å². The minimum atomic E-state index is -0.116. The fourth-order valence-electron chi connectivity index (χ4n) is 3.26. The Balaban J connectivity index is 1.70. The number of hydrogen-bond donors (Lipinski definition) is 1. The van der Waals surface area contributed by atoms with Crippen LogP contribution in [0.4, 0.5) is 0 Å². The van der Waals surface area contributed by atoms with E-state index in [9.17, 15) is 4.79 Å². The molecule has 3 aromatic rings. The van der Waals surface area contributed by atoms with Crippen molar-refractivity contribution in [2.24, 2.45) is 0 Å². The monoisotopic (exact) mass is 387 g/mol. The zero-order chi connectivity index (χ0) is 18.8. The van der Waals surface area contributed by atoms with Gasteiger partial charge in [0.25, 0.3) is 5.56 Å². The third kappa shape index (κ3) is 3.55. The number of fused-ring (bicyclic) bond motifs is 1. The Morgan fingerprint density at radius 2 is 2.00 bits per heavy atom. The summed E-state index contributed by atoms with van der Waals surface area (Å²) in [5, 5.41) is 2.57. The van der Waals surface area contributed by atoms with Crippen molar-refractivity contribution in [3.05, 3.63) is 39.8 Å². The minimum Gasteiger partial charge on any atom is -0.493 e. The van der Waals surface area contributed by atoms with Crippen LogP contribution in [-0.2, 0) is 11.3 Å². The summed E-state index contributed by atoms with van der Waals surface area (Å²) in [6.45, 7) is 3.76. The third-order valence-electron chi connectivity index (χ3n) is 4.66. The molecule has 0 bridgehead atoms. The molecule has 0 unspecified atom stereocenters. The van der Waals surface area contributed by atoms with Crippen LogP contribution in [0.5, 0.6) is 11.5 Å². The summed E-state index contributed by atoms with van der Waals surface area (Å²) < 4.78 is 16.0. The summed E-state index contributed by atoms with van der Waals surface area (Å²) in [6, 6.07) is 5.64. The first-order valence-corrected chi connectivity index (χ1v) is 9.60. The van der Waals surface area contributed by atoms with E-state index in [1.54, 1.807) is 14.2 Å². The molecule has 142 valence electrons. The van der Waals surface area contributed by atoms with Crippen molar-refractivity contribution in [3.63, 3.8) is 0 Å². The highest BCUT2D eigenvalue weighted by molar-refractivity contribution is 7.17. The number of H-pyrrole nitrogens is 1. The molecule has 1 fully saturated rings. The van der Waals surface area contributed by atoms with Crippen LogP contribution in [0.2, 0.25) is 0 Å². The lowest BCUT2D eigenvalue weighted by Crippen LogP contribution is -2.36. The molecule has 1 aliphatic heterocycles. The van der Waals surface area contributed by atoms with Gasteiger partial charge in [0.2, 0.25) is 0 Å². The van der Waals surface area contributed by atoms with Gasteiger partial charge in [-0.15, -0.1) is 11.3 Å². The van der Waals surface area contributed by atoms with Crippen LogP contribution in [-0.4, -0.2) is 55.4 Å². The van der Waals surface area contributed by atoms with Gasteiger partial charge in [0.1, 0.15) is 10.7 Å². The van der Waals surface area contributed by atoms with E-state index < -0.39 is 0 Å². The molecule has 0 amide bonds. The molecule has 0 saturated carbocycles. The van der Waals surface area contributed by atoms with Gasteiger partial charge >= 0.3 is 0 Å². The van der Waals surface area contributed by atoms with Gasteiger partial charge in [-0.05, 0) is 17.7 Å². The van der Waals surface area contributed by atoms with Crippen LogP contribution < -0.4 is 15.0 Å². The number of aromatic nitrogens is 2. The second-order valence-electron chi connectivity index (χ2n) is 6.30. The van der Waals surface area contributed by atoms with Crippen molar-refractivity contribution in [1.29, 1.82) is 0 Å². The normalized spacial score (nSPS) is 15.2. The molecule has 1 aliphatic rings. The Bertz CT molecular complexity index is 1010. The minimum absolute atomic E-state index is 0.116. The van der Waals surface area contributed by atoms with Crippen LogP contribution in [0.3, 0.4) is 0 Å². The van der Waals surface area contributed by atoms with E-state index in [2.05, 4.69) is 14.9 Å². The number of hydrogen-bond acceptors (Lipinski definition) is 7. The number of nitrogens with zero attached hydrogens (tertiary/aromatic N) is 2. The van der Waals surface area contributed by atoms with Crippen LogP contribution in [0.25, 0.3) is 21.3 Å². The highest BCUT2D eigenvalue weighted by atomic mass is 32.1. The molecule has 0 aliphatic carbocycles. The Hall–Kier alpha value is -2.42. The van der Waals surface area contributed by atoms with Gasteiger partial charge in [-0.2, -0.15) is 0 Å². The predicted octanol–water partition coefficient (Wildman–Crippen LogP) is 2.50. The highest BCUT2D eigenvalue weighted by Gasteiger charge is 2.17. The fourth-order valence-corrected chi connectivity index (χ4v) is 4.22. The third-order valence-corrected chi connectivity index (χ3v) is 5.54. The number of morpholine rings is 1. The summed E-state index contributed by atoms with van der Waals surface area (Å²) in [4.78, 5) is 23.4. The summed E-state index contributed by atoms with van der Waals surface area (Å²) >= 11 is 1.48. The van der Waals surface area contributed by atoms with Gasteiger partial charge in [0.05, 0.1) is 39.4 Å². The number of ether oxygens (including phenoxy) is 3. The van der Waals surface area contributed by atoms with Crippen LogP contribution >= 0.6 is 11.3 Å². The second kappa shape index (κ2) is 7.67. The van der Waals surface area contributed by atoms with E-state index in [1.165, 1.54) is 11.3 Å². The maximum absolute atomic E-state index is 12.8. The lowest BCUT2D eigenvalue weighted by Gasteiger charge is -2.25. The topological polar surface area (TPSA) is 76.7 Å². The number of nitrogens with one attached hydrogen (secondary N) is 1. The smallest absolute Gasteiger partial charge is 0.260 e. The number of aromatic amines is 1. The summed E-state index contributed by atoms with van der Waals surface area (Å²) in [6.07, 6.45) is 0. The van der Waals surface area contributed by atoms with Gasteiger partial charge in [-0.1, -0.05) is 6.07 Å². The number of benzene rings is 1. The van der Waals surface area contributed by atoms with Crippen molar-refractivity contribution in [1.82, 2.24) is 14.9 Å². The molecule has 4 rings (SSSR count). The van der Waals surface area contributed by atoms with E-state index in [0.717, 1.165) is 42.3 Å². The van der Waals surface area contributed by atoms with Crippen molar-refractivity contribution in [2.75, 3.05) is 40.5 Å². The largest absolute Gasteiger partial charge is 0.493 e. The molecule has 1 saturated heterocycles. The maximum Gasteiger partial charge on any atom is 0.260 e. The van der Waals surface area contributed by atoms with E-state index in [-0.39, 0.29) is 5.56 Å². The molecular weight excluding hydrogens is 366 g/mol.